The van der Waals surface area contributed by atoms with Crippen LogP contribution in [0.5, 0.6) is 0 Å². The fourth-order valence-corrected chi connectivity index (χ4v) is 2.44. The van der Waals surface area contributed by atoms with Gasteiger partial charge in [0.15, 0.2) is 0 Å². The lowest BCUT2D eigenvalue weighted by Crippen LogP contribution is -2.24. The first-order valence-electron chi connectivity index (χ1n) is 6.73. The molecule has 108 valence electrons. The molecule has 6 nitrogen and oxygen atoms in total. The minimum atomic E-state index is -1.14. The zero-order chi connectivity index (χ0) is 14.7. The van der Waals surface area contributed by atoms with Gasteiger partial charge in [-0.2, -0.15) is 0 Å². The Kier molecular flexibility index (Phi) is 3.79. The molecule has 0 radical (unpaired) electrons. The summed E-state index contributed by atoms with van der Waals surface area (Å²) >= 11 is 0. The number of ether oxygens (including phenoxy) is 1. The van der Waals surface area contributed by atoms with Crippen LogP contribution < -0.4 is 5.32 Å². The minimum absolute atomic E-state index is 0.0592. The lowest BCUT2D eigenvalue weighted by molar-refractivity contribution is 0.0683. The van der Waals surface area contributed by atoms with Crippen molar-refractivity contribution in [3.8, 4) is 0 Å². The number of hydrogen-bond donors (Lipinski definition) is 2. The SMILES string of the molecule is O=C(O)c1nccc(N[C@@H]2CCO[C@H]2c2ccccc2)n1. The highest BCUT2D eigenvalue weighted by Gasteiger charge is 2.29. The third-order valence-electron chi connectivity index (χ3n) is 3.40. The minimum Gasteiger partial charge on any atom is -0.475 e. The van der Waals surface area contributed by atoms with Crippen LogP contribution in [0.15, 0.2) is 42.6 Å². The van der Waals surface area contributed by atoms with Gasteiger partial charge in [-0.05, 0) is 18.1 Å². The first kappa shape index (κ1) is 13.5. The molecule has 6 heteroatoms. The lowest BCUT2D eigenvalue weighted by atomic mass is 10.0. The third-order valence-corrected chi connectivity index (χ3v) is 3.40. The predicted octanol–water partition coefficient (Wildman–Crippen LogP) is 2.12. The summed E-state index contributed by atoms with van der Waals surface area (Å²) in [5.41, 5.74) is 1.10. The van der Waals surface area contributed by atoms with E-state index >= 15 is 0 Å². The Hall–Kier alpha value is -2.47. The lowest BCUT2D eigenvalue weighted by Gasteiger charge is -2.20. The van der Waals surface area contributed by atoms with Crippen molar-refractivity contribution < 1.29 is 14.6 Å². The highest BCUT2D eigenvalue weighted by Crippen LogP contribution is 2.30. The molecule has 1 aromatic heterocycles. The van der Waals surface area contributed by atoms with Crippen molar-refractivity contribution in [1.29, 1.82) is 0 Å². The molecule has 2 atom stereocenters. The summed E-state index contributed by atoms with van der Waals surface area (Å²) in [6, 6.07) is 11.7. The summed E-state index contributed by atoms with van der Waals surface area (Å²) in [6.07, 6.45) is 2.22. The van der Waals surface area contributed by atoms with Crippen molar-refractivity contribution in [1.82, 2.24) is 9.97 Å². The molecule has 21 heavy (non-hydrogen) atoms. The average molecular weight is 285 g/mol. The van der Waals surface area contributed by atoms with Crippen molar-refractivity contribution in [3.05, 3.63) is 54.0 Å². The largest absolute Gasteiger partial charge is 0.475 e. The van der Waals surface area contributed by atoms with Gasteiger partial charge in [0.25, 0.3) is 0 Å². The van der Waals surface area contributed by atoms with E-state index in [1.54, 1.807) is 6.07 Å². The first-order chi connectivity index (χ1) is 10.2. The third kappa shape index (κ3) is 3.00. The van der Waals surface area contributed by atoms with Crippen molar-refractivity contribution in [2.24, 2.45) is 0 Å². The Bertz CT molecular complexity index is 633. The molecule has 0 saturated carbocycles. The average Bonchev–Trinajstić information content (AvgIpc) is 2.96. The second-order valence-electron chi connectivity index (χ2n) is 4.81. The number of rotatable bonds is 4. The maximum absolute atomic E-state index is 10.9. The Morgan fingerprint density at radius 2 is 2.10 bits per heavy atom. The van der Waals surface area contributed by atoms with Crippen molar-refractivity contribution >= 4 is 11.8 Å². The van der Waals surface area contributed by atoms with E-state index in [1.807, 2.05) is 30.3 Å². The van der Waals surface area contributed by atoms with Crippen LogP contribution in [0.2, 0.25) is 0 Å². The number of carboxylic acid groups (broad SMARTS) is 1. The van der Waals surface area contributed by atoms with Gasteiger partial charge in [-0.3, -0.25) is 0 Å². The van der Waals surface area contributed by atoms with Gasteiger partial charge >= 0.3 is 5.97 Å². The number of carbonyl (C=O) groups is 1. The maximum atomic E-state index is 10.9. The van der Waals surface area contributed by atoms with Crippen LogP contribution in [-0.4, -0.2) is 33.7 Å². The molecule has 2 N–H and O–H groups in total. The molecular formula is C15H15N3O3. The topological polar surface area (TPSA) is 84.3 Å². The van der Waals surface area contributed by atoms with Crippen LogP contribution in [0.1, 0.15) is 28.7 Å². The van der Waals surface area contributed by atoms with Crippen LogP contribution in [-0.2, 0) is 4.74 Å². The summed E-state index contributed by atoms with van der Waals surface area (Å²) < 4.78 is 5.78. The van der Waals surface area contributed by atoms with Gasteiger partial charge in [0.05, 0.1) is 6.04 Å². The number of hydrogen-bond acceptors (Lipinski definition) is 5. The normalized spacial score (nSPS) is 21.1. The van der Waals surface area contributed by atoms with Crippen molar-refractivity contribution in [2.45, 2.75) is 18.6 Å². The smallest absolute Gasteiger partial charge is 0.374 e. The quantitative estimate of drug-likeness (QED) is 0.895. The van der Waals surface area contributed by atoms with Gasteiger partial charge in [0.1, 0.15) is 11.9 Å². The van der Waals surface area contributed by atoms with E-state index in [2.05, 4.69) is 15.3 Å². The monoisotopic (exact) mass is 285 g/mol. The van der Waals surface area contributed by atoms with E-state index in [0.29, 0.717) is 12.4 Å². The van der Waals surface area contributed by atoms with Crippen LogP contribution in [0.25, 0.3) is 0 Å². The molecule has 0 spiro atoms. The molecule has 0 bridgehead atoms. The Labute approximate surface area is 121 Å². The van der Waals surface area contributed by atoms with E-state index in [0.717, 1.165) is 12.0 Å². The highest BCUT2D eigenvalue weighted by atomic mass is 16.5. The molecule has 3 rings (SSSR count). The molecule has 1 aliphatic rings. The van der Waals surface area contributed by atoms with Gasteiger partial charge in [-0.1, -0.05) is 30.3 Å². The fraction of sp³-hybridized carbons (Fsp3) is 0.267. The number of benzene rings is 1. The number of nitrogens with one attached hydrogen (secondary N) is 1. The van der Waals surface area contributed by atoms with E-state index < -0.39 is 5.97 Å². The summed E-state index contributed by atoms with van der Waals surface area (Å²) in [5.74, 6) is -0.852. The van der Waals surface area contributed by atoms with Gasteiger partial charge < -0.3 is 15.2 Å². The van der Waals surface area contributed by atoms with Crippen molar-refractivity contribution in [3.63, 3.8) is 0 Å². The molecule has 1 fully saturated rings. The van der Waals surface area contributed by atoms with Crippen LogP contribution in [0.3, 0.4) is 0 Å². The van der Waals surface area contributed by atoms with Gasteiger partial charge in [-0.15, -0.1) is 0 Å². The number of nitrogens with zero attached hydrogens (tertiary/aromatic N) is 2. The van der Waals surface area contributed by atoms with E-state index in [9.17, 15) is 4.79 Å². The molecule has 2 heterocycles. The fourth-order valence-electron chi connectivity index (χ4n) is 2.44. The number of aromatic nitrogens is 2. The Balaban J connectivity index is 1.78. The summed E-state index contributed by atoms with van der Waals surface area (Å²) in [5, 5.41) is 12.2. The summed E-state index contributed by atoms with van der Waals surface area (Å²) in [4.78, 5) is 18.6. The summed E-state index contributed by atoms with van der Waals surface area (Å²) in [7, 11) is 0. The Morgan fingerprint density at radius 1 is 1.29 bits per heavy atom. The van der Waals surface area contributed by atoms with E-state index in [1.165, 1.54) is 6.20 Å². The highest BCUT2D eigenvalue weighted by molar-refractivity contribution is 5.83. The van der Waals surface area contributed by atoms with Crippen molar-refractivity contribution in [2.75, 3.05) is 11.9 Å². The molecule has 1 aromatic carbocycles. The molecule has 2 aromatic rings. The first-order valence-corrected chi connectivity index (χ1v) is 6.73. The molecule has 0 unspecified atom stereocenters. The van der Waals surface area contributed by atoms with E-state index in [4.69, 9.17) is 9.84 Å². The number of anilines is 1. The molecule has 0 aliphatic carbocycles. The van der Waals surface area contributed by atoms with Gasteiger partial charge in [0, 0.05) is 12.8 Å². The summed E-state index contributed by atoms with van der Waals surface area (Å²) in [6.45, 7) is 0.661. The second kappa shape index (κ2) is 5.88. The molecule has 0 amide bonds. The van der Waals surface area contributed by atoms with E-state index in [-0.39, 0.29) is 18.0 Å². The Morgan fingerprint density at radius 3 is 2.86 bits per heavy atom. The standard InChI is InChI=1S/C15H15N3O3/c19-15(20)14-16-8-6-12(18-14)17-11-7-9-21-13(11)10-4-2-1-3-5-10/h1-6,8,11,13H,7,9H2,(H,19,20)(H,16,17,18)/t11-,13+/m1/s1. The van der Waals surface area contributed by atoms with Crippen LogP contribution in [0.4, 0.5) is 5.82 Å². The zero-order valence-electron chi connectivity index (χ0n) is 11.3. The predicted molar refractivity (Wildman–Crippen MR) is 76.2 cm³/mol. The van der Waals surface area contributed by atoms with Gasteiger partial charge in [-0.25, -0.2) is 14.8 Å². The zero-order valence-corrected chi connectivity index (χ0v) is 11.3. The number of carboxylic acids is 1. The van der Waals surface area contributed by atoms with Gasteiger partial charge in [0.2, 0.25) is 5.82 Å². The molecule has 1 saturated heterocycles. The number of aromatic carboxylic acids is 1. The maximum Gasteiger partial charge on any atom is 0.374 e. The molecular weight excluding hydrogens is 270 g/mol. The molecule has 1 aliphatic heterocycles. The van der Waals surface area contributed by atoms with Crippen LogP contribution in [0, 0.1) is 0 Å². The second-order valence-corrected chi connectivity index (χ2v) is 4.81. The van der Waals surface area contributed by atoms with Crippen LogP contribution >= 0.6 is 0 Å².